The Labute approximate surface area is 117 Å². The number of carbonyl (C=O) groups excluding carboxylic acids is 1. The summed E-state index contributed by atoms with van der Waals surface area (Å²) in [5.74, 6) is 0.434. The minimum absolute atomic E-state index is 0.434. The fourth-order valence-electron chi connectivity index (χ4n) is 2.31. The summed E-state index contributed by atoms with van der Waals surface area (Å²) in [6.07, 6.45) is 0.790. The van der Waals surface area contributed by atoms with E-state index in [1.165, 1.54) is 0 Å². The van der Waals surface area contributed by atoms with Gasteiger partial charge in [0.05, 0.1) is 11.0 Å². The molecule has 98 valence electrons. The molecular weight excluding hydrogens is 248 g/mol. The molecule has 0 spiro atoms. The molecule has 1 heterocycles. The van der Waals surface area contributed by atoms with Crippen LogP contribution in [0.5, 0.6) is 0 Å². The van der Waals surface area contributed by atoms with Crippen molar-refractivity contribution in [3.05, 3.63) is 72.6 Å². The predicted octanol–water partition coefficient (Wildman–Crippen LogP) is 3.56. The van der Waals surface area contributed by atoms with Crippen molar-refractivity contribution in [1.82, 2.24) is 9.55 Å². The molecule has 0 aliphatic heterocycles. The van der Waals surface area contributed by atoms with E-state index in [-0.39, 0.29) is 0 Å². The van der Waals surface area contributed by atoms with Crippen LogP contribution in [0.2, 0.25) is 0 Å². The molecule has 1 aromatic heterocycles. The summed E-state index contributed by atoms with van der Waals surface area (Å²) in [5.41, 5.74) is 3.81. The zero-order valence-electron chi connectivity index (χ0n) is 11.0. The van der Waals surface area contributed by atoms with Crippen molar-refractivity contribution in [3.63, 3.8) is 0 Å². The number of imidazole rings is 1. The molecule has 0 aliphatic rings. The van der Waals surface area contributed by atoms with E-state index in [1.807, 2.05) is 59.2 Å². The lowest BCUT2D eigenvalue weighted by atomic mass is 10.1. The topological polar surface area (TPSA) is 34.9 Å². The van der Waals surface area contributed by atoms with Gasteiger partial charge in [-0.25, -0.2) is 4.98 Å². The molecule has 0 saturated heterocycles. The van der Waals surface area contributed by atoms with Crippen molar-refractivity contribution in [2.24, 2.45) is 0 Å². The second kappa shape index (κ2) is 5.13. The lowest BCUT2D eigenvalue weighted by Gasteiger charge is -2.09. The van der Waals surface area contributed by atoms with Crippen molar-refractivity contribution in [3.8, 4) is 0 Å². The number of aldehydes is 1. The van der Waals surface area contributed by atoms with E-state index in [0.29, 0.717) is 12.4 Å². The number of hydrogen-bond donors (Lipinski definition) is 0. The van der Waals surface area contributed by atoms with Gasteiger partial charge in [0.1, 0.15) is 0 Å². The van der Waals surface area contributed by atoms with E-state index in [9.17, 15) is 4.79 Å². The summed E-state index contributed by atoms with van der Waals surface area (Å²) >= 11 is 0. The van der Waals surface area contributed by atoms with Crippen LogP contribution in [0.25, 0.3) is 16.6 Å². The minimum atomic E-state index is 0.434. The summed E-state index contributed by atoms with van der Waals surface area (Å²) in [7, 11) is 0. The van der Waals surface area contributed by atoms with Crippen molar-refractivity contribution in [2.45, 2.75) is 6.54 Å². The fourth-order valence-corrected chi connectivity index (χ4v) is 2.31. The van der Waals surface area contributed by atoms with Crippen LogP contribution in [0, 0.1) is 0 Å². The first-order chi connectivity index (χ1) is 9.79. The Bertz CT molecular complexity index is 772. The van der Waals surface area contributed by atoms with E-state index >= 15 is 0 Å². The van der Waals surface area contributed by atoms with Gasteiger partial charge in [-0.1, -0.05) is 49.0 Å². The van der Waals surface area contributed by atoms with Crippen molar-refractivity contribution in [2.75, 3.05) is 0 Å². The molecule has 3 heteroatoms. The number of aromatic nitrogens is 2. The van der Waals surface area contributed by atoms with Crippen LogP contribution in [0.1, 0.15) is 16.2 Å². The number of fused-ring (bicyclic) bond motifs is 1. The molecule has 0 N–H and O–H groups in total. The Kier molecular flexibility index (Phi) is 3.17. The van der Waals surface area contributed by atoms with Gasteiger partial charge in [-0.15, -0.1) is 0 Å². The summed E-state index contributed by atoms with van der Waals surface area (Å²) in [5, 5.41) is 0. The summed E-state index contributed by atoms with van der Waals surface area (Å²) < 4.78 is 1.90. The zero-order valence-corrected chi connectivity index (χ0v) is 11.0. The maximum atomic E-state index is 11.2. The van der Waals surface area contributed by atoms with E-state index in [4.69, 9.17) is 0 Å². The van der Waals surface area contributed by atoms with Crippen LogP contribution in [-0.2, 0) is 6.54 Å². The van der Waals surface area contributed by atoms with Gasteiger partial charge < -0.3 is 4.57 Å². The fraction of sp³-hybridized carbons (Fsp3) is 0.0588. The van der Waals surface area contributed by atoms with E-state index < -0.39 is 0 Å². The van der Waals surface area contributed by atoms with Gasteiger partial charge in [-0.05, 0) is 23.3 Å². The van der Waals surface area contributed by atoms with Gasteiger partial charge in [0.2, 0.25) is 0 Å². The SMILES string of the molecule is C=C(Cn1c(C=O)nc2ccccc21)c1ccccc1. The average molecular weight is 262 g/mol. The highest BCUT2D eigenvalue weighted by Crippen LogP contribution is 2.20. The third kappa shape index (κ3) is 2.14. The molecule has 0 bridgehead atoms. The molecule has 0 radical (unpaired) electrons. The molecular formula is C17H14N2O. The maximum Gasteiger partial charge on any atom is 0.185 e. The van der Waals surface area contributed by atoms with Gasteiger partial charge in [0.25, 0.3) is 0 Å². The highest BCUT2D eigenvalue weighted by molar-refractivity contribution is 5.83. The van der Waals surface area contributed by atoms with Crippen LogP contribution in [0.15, 0.2) is 61.2 Å². The van der Waals surface area contributed by atoms with Crippen LogP contribution >= 0.6 is 0 Å². The number of hydrogen-bond acceptors (Lipinski definition) is 2. The quantitative estimate of drug-likeness (QED) is 0.674. The summed E-state index contributed by atoms with van der Waals surface area (Å²) in [6.45, 7) is 4.67. The van der Waals surface area contributed by atoms with Gasteiger partial charge in [0, 0.05) is 6.54 Å². The molecule has 0 unspecified atom stereocenters. The van der Waals surface area contributed by atoms with Gasteiger partial charge in [-0.3, -0.25) is 4.79 Å². The first-order valence-corrected chi connectivity index (χ1v) is 6.43. The molecule has 0 saturated carbocycles. The van der Waals surface area contributed by atoms with Crippen LogP contribution in [0.3, 0.4) is 0 Å². The normalized spacial score (nSPS) is 10.6. The second-order valence-electron chi connectivity index (χ2n) is 4.63. The smallest absolute Gasteiger partial charge is 0.185 e. The highest BCUT2D eigenvalue weighted by atomic mass is 16.1. The molecule has 0 aliphatic carbocycles. The average Bonchev–Trinajstić information content (AvgIpc) is 2.86. The molecule has 3 rings (SSSR count). The maximum absolute atomic E-state index is 11.2. The van der Waals surface area contributed by atoms with Crippen molar-refractivity contribution in [1.29, 1.82) is 0 Å². The number of rotatable bonds is 4. The van der Waals surface area contributed by atoms with Crippen LogP contribution < -0.4 is 0 Å². The van der Waals surface area contributed by atoms with Gasteiger partial charge in [0.15, 0.2) is 12.1 Å². The molecule has 0 atom stereocenters. The minimum Gasteiger partial charge on any atom is -0.317 e. The van der Waals surface area contributed by atoms with Crippen molar-refractivity contribution >= 4 is 22.9 Å². The van der Waals surface area contributed by atoms with Crippen LogP contribution in [0.4, 0.5) is 0 Å². The number of allylic oxidation sites excluding steroid dienone is 1. The van der Waals surface area contributed by atoms with Gasteiger partial charge >= 0.3 is 0 Å². The molecule has 0 fully saturated rings. The second-order valence-corrected chi connectivity index (χ2v) is 4.63. The third-order valence-electron chi connectivity index (χ3n) is 3.32. The van der Waals surface area contributed by atoms with E-state index in [2.05, 4.69) is 11.6 Å². The van der Waals surface area contributed by atoms with E-state index in [0.717, 1.165) is 28.5 Å². The van der Waals surface area contributed by atoms with Gasteiger partial charge in [-0.2, -0.15) is 0 Å². The Morgan fingerprint density at radius 3 is 2.55 bits per heavy atom. The van der Waals surface area contributed by atoms with E-state index in [1.54, 1.807) is 0 Å². The summed E-state index contributed by atoms with van der Waals surface area (Å²) in [4.78, 5) is 15.5. The lowest BCUT2D eigenvalue weighted by molar-refractivity contribution is 0.111. The highest BCUT2D eigenvalue weighted by Gasteiger charge is 2.10. The Morgan fingerprint density at radius 1 is 1.10 bits per heavy atom. The number of nitrogens with zero attached hydrogens (tertiary/aromatic N) is 2. The molecule has 3 aromatic rings. The summed E-state index contributed by atoms with van der Waals surface area (Å²) in [6, 6.07) is 17.7. The third-order valence-corrected chi connectivity index (χ3v) is 3.32. The number of para-hydroxylation sites is 2. The zero-order chi connectivity index (χ0) is 13.9. The molecule has 3 nitrogen and oxygen atoms in total. The number of benzene rings is 2. The lowest BCUT2D eigenvalue weighted by Crippen LogP contribution is -2.04. The Morgan fingerprint density at radius 2 is 1.80 bits per heavy atom. The Hall–Kier alpha value is -2.68. The predicted molar refractivity (Wildman–Crippen MR) is 80.6 cm³/mol. The molecule has 0 amide bonds. The first-order valence-electron chi connectivity index (χ1n) is 6.43. The molecule has 2 aromatic carbocycles. The van der Waals surface area contributed by atoms with Crippen LogP contribution in [-0.4, -0.2) is 15.8 Å². The van der Waals surface area contributed by atoms with Crippen molar-refractivity contribution < 1.29 is 4.79 Å². The first kappa shape index (κ1) is 12.4. The largest absolute Gasteiger partial charge is 0.317 e. The number of carbonyl (C=O) groups is 1. The Balaban J connectivity index is 2.02. The molecule has 20 heavy (non-hydrogen) atoms. The standard InChI is InChI=1S/C17H14N2O/c1-13(14-7-3-2-4-8-14)11-19-16-10-6-5-9-15(16)18-17(19)12-20/h2-10,12H,1,11H2. The monoisotopic (exact) mass is 262 g/mol.